The molecule has 0 saturated carbocycles. The Morgan fingerprint density at radius 3 is 2.21 bits per heavy atom. The molecule has 0 aliphatic rings. The number of rotatable bonds is 6. The molecule has 150 valence electrons. The molecule has 3 rings (SSSR count). The van der Waals surface area contributed by atoms with E-state index in [1.807, 2.05) is 6.92 Å². The van der Waals surface area contributed by atoms with Crippen molar-refractivity contribution < 1.29 is 9.47 Å². The van der Waals surface area contributed by atoms with E-state index in [1.54, 1.807) is 7.11 Å². The molecule has 2 aromatic heterocycles. The molecule has 3 aromatic rings. The van der Waals surface area contributed by atoms with Gasteiger partial charge in [0, 0.05) is 12.8 Å². The van der Waals surface area contributed by atoms with Gasteiger partial charge in [-0.25, -0.2) is 4.98 Å². The number of methoxy groups -OCH3 is 1. The molecule has 1 atom stereocenters. The van der Waals surface area contributed by atoms with E-state index >= 15 is 0 Å². The molecular weight excluding hydrogens is 350 g/mol. The van der Waals surface area contributed by atoms with Gasteiger partial charge in [-0.15, -0.1) is 0 Å². The van der Waals surface area contributed by atoms with E-state index in [0.717, 1.165) is 28.7 Å². The molecule has 1 unspecified atom stereocenters. The molecule has 0 radical (unpaired) electrons. The predicted molar refractivity (Wildman–Crippen MR) is 114 cm³/mol. The van der Waals surface area contributed by atoms with Crippen molar-refractivity contribution in [3.63, 3.8) is 0 Å². The molecule has 5 heteroatoms. The van der Waals surface area contributed by atoms with Crippen LogP contribution in [0.1, 0.15) is 47.1 Å². The molecule has 0 aliphatic carbocycles. The van der Waals surface area contributed by atoms with Crippen molar-refractivity contribution in [3.05, 3.63) is 45.9 Å². The van der Waals surface area contributed by atoms with Gasteiger partial charge in [-0.1, -0.05) is 24.6 Å². The second-order valence-electron chi connectivity index (χ2n) is 7.67. The monoisotopic (exact) mass is 381 g/mol. The first kappa shape index (κ1) is 20.3. The quantitative estimate of drug-likeness (QED) is 0.598. The fourth-order valence-electron chi connectivity index (χ4n) is 3.99. The number of aromatic nitrogens is 3. The van der Waals surface area contributed by atoms with Gasteiger partial charge >= 0.3 is 0 Å². The zero-order valence-electron chi connectivity index (χ0n) is 18.3. The standard InChI is InChI=1S/C23H31N3O2/c1-9-19(12-27-8)28-23-20-16(5)17(6)26(22(20)24-18(7)25-23)21-14(3)10-13(2)11-15(21)4/h10-11,19H,9,12H2,1-8H3. The van der Waals surface area contributed by atoms with Gasteiger partial charge in [0.1, 0.15) is 11.9 Å². The minimum atomic E-state index is -0.0339. The van der Waals surface area contributed by atoms with Gasteiger partial charge in [-0.2, -0.15) is 4.98 Å². The molecule has 0 fully saturated rings. The van der Waals surface area contributed by atoms with E-state index in [2.05, 4.69) is 63.2 Å². The number of fused-ring (bicyclic) bond motifs is 1. The third-order valence-corrected chi connectivity index (χ3v) is 5.38. The normalized spacial score (nSPS) is 12.6. The van der Waals surface area contributed by atoms with Crippen molar-refractivity contribution in [1.82, 2.24) is 14.5 Å². The van der Waals surface area contributed by atoms with Gasteiger partial charge < -0.3 is 9.47 Å². The maximum Gasteiger partial charge on any atom is 0.227 e. The van der Waals surface area contributed by atoms with Crippen LogP contribution in [0.15, 0.2) is 12.1 Å². The molecule has 0 bridgehead atoms. The average molecular weight is 382 g/mol. The average Bonchev–Trinajstić information content (AvgIpc) is 2.85. The van der Waals surface area contributed by atoms with Crippen molar-refractivity contribution in [2.75, 3.05) is 13.7 Å². The molecule has 0 spiro atoms. The van der Waals surface area contributed by atoms with E-state index in [4.69, 9.17) is 14.5 Å². The Kier molecular flexibility index (Phi) is 5.75. The first-order chi connectivity index (χ1) is 13.3. The van der Waals surface area contributed by atoms with E-state index in [1.165, 1.54) is 22.4 Å². The highest BCUT2D eigenvalue weighted by Crippen LogP contribution is 2.35. The van der Waals surface area contributed by atoms with Crippen LogP contribution in [0.25, 0.3) is 16.7 Å². The van der Waals surface area contributed by atoms with Gasteiger partial charge in [0.15, 0.2) is 5.65 Å². The van der Waals surface area contributed by atoms with Gasteiger partial charge in [-0.05, 0) is 64.7 Å². The first-order valence-electron chi connectivity index (χ1n) is 9.88. The molecule has 0 saturated heterocycles. The molecule has 0 aliphatic heterocycles. The highest BCUT2D eigenvalue weighted by Gasteiger charge is 2.23. The van der Waals surface area contributed by atoms with Crippen LogP contribution in [0.2, 0.25) is 0 Å². The summed E-state index contributed by atoms with van der Waals surface area (Å²) in [5.41, 5.74) is 8.15. The summed E-state index contributed by atoms with van der Waals surface area (Å²) in [7, 11) is 1.70. The molecule has 1 aromatic carbocycles. The van der Waals surface area contributed by atoms with Crippen LogP contribution in [-0.4, -0.2) is 34.4 Å². The summed E-state index contributed by atoms with van der Waals surface area (Å²) in [6, 6.07) is 4.44. The Morgan fingerprint density at radius 2 is 1.64 bits per heavy atom. The summed E-state index contributed by atoms with van der Waals surface area (Å²) in [4.78, 5) is 9.46. The largest absolute Gasteiger partial charge is 0.471 e. The van der Waals surface area contributed by atoms with Crippen molar-refractivity contribution >= 4 is 11.0 Å². The number of ether oxygens (including phenoxy) is 2. The van der Waals surface area contributed by atoms with Crippen LogP contribution in [0.3, 0.4) is 0 Å². The topological polar surface area (TPSA) is 49.2 Å². The number of nitrogens with zero attached hydrogens (tertiary/aromatic N) is 3. The fourth-order valence-corrected chi connectivity index (χ4v) is 3.99. The van der Waals surface area contributed by atoms with Crippen molar-refractivity contribution in [1.29, 1.82) is 0 Å². The maximum absolute atomic E-state index is 6.27. The number of hydrogen-bond acceptors (Lipinski definition) is 4. The maximum atomic E-state index is 6.27. The third kappa shape index (κ3) is 3.51. The Balaban J connectivity index is 2.29. The highest BCUT2D eigenvalue weighted by molar-refractivity contribution is 5.89. The molecule has 28 heavy (non-hydrogen) atoms. The van der Waals surface area contributed by atoms with Crippen LogP contribution < -0.4 is 4.74 Å². The Bertz CT molecular complexity index is 998. The summed E-state index contributed by atoms with van der Waals surface area (Å²) in [5.74, 6) is 1.35. The van der Waals surface area contributed by atoms with Crippen LogP contribution >= 0.6 is 0 Å². The Hall–Kier alpha value is -2.40. The zero-order chi connectivity index (χ0) is 20.6. The summed E-state index contributed by atoms with van der Waals surface area (Å²) in [5, 5.41) is 0.983. The first-order valence-corrected chi connectivity index (χ1v) is 9.88. The van der Waals surface area contributed by atoms with E-state index in [-0.39, 0.29) is 6.10 Å². The predicted octanol–water partition coefficient (Wildman–Crippen LogP) is 5.07. The fraction of sp³-hybridized carbons (Fsp3) is 0.478. The van der Waals surface area contributed by atoms with Crippen LogP contribution in [-0.2, 0) is 4.74 Å². The minimum Gasteiger partial charge on any atom is -0.471 e. The van der Waals surface area contributed by atoms with Crippen LogP contribution in [0.4, 0.5) is 0 Å². The van der Waals surface area contributed by atoms with Gasteiger partial charge in [0.2, 0.25) is 5.88 Å². The van der Waals surface area contributed by atoms with Crippen LogP contribution in [0.5, 0.6) is 5.88 Å². The summed E-state index contributed by atoms with van der Waals surface area (Å²) in [6.07, 6.45) is 0.821. The number of benzene rings is 1. The highest BCUT2D eigenvalue weighted by atomic mass is 16.5. The minimum absolute atomic E-state index is 0.0339. The second kappa shape index (κ2) is 7.92. The molecule has 0 amide bonds. The molecular formula is C23H31N3O2. The van der Waals surface area contributed by atoms with Crippen molar-refractivity contribution in [3.8, 4) is 11.6 Å². The third-order valence-electron chi connectivity index (χ3n) is 5.38. The Morgan fingerprint density at radius 1 is 1.00 bits per heavy atom. The lowest BCUT2D eigenvalue weighted by atomic mass is 10.0. The summed E-state index contributed by atoms with van der Waals surface area (Å²) < 4.78 is 13.8. The lowest BCUT2D eigenvalue weighted by Crippen LogP contribution is -2.22. The Labute approximate surface area is 167 Å². The summed E-state index contributed by atoms with van der Waals surface area (Å²) >= 11 is 0. The van der Waals surface area contributed by atoms with Crippen molar-refractivity contribution in [2.45, 2.75) is 61.0 Å². The second-order valence-corrected chi connectivity index (χ2v) is 7.67. The smallest absolute Gasteiger partial charge is 0.227 e. The van der Waals surface area contributed by atoms with Gasteiger partial charge in [0.25, 0.3) is 0 Å². The van der Waals surface area contributed by atoms with E-state index in [0.29, 0.717) is 18.3 Å². The van der Waals surface area contributed by atoms with Crippen molar-refractivity contribution in [2.24, 2.45) is 0 Å². The summed E-state index contributed by atoms with van der Waals surface area (Å²) in [6.45, 7) is 15.3. The van der Waals surface area contributed by atoms with Gasteiger partial charge in [-0.3, -0.25) is 4.57 Å². The lowest BCUT2D eigenvalue weighted by molar-refractivity contribution is 0.0766. The SMILES string of the molecule is CCC(COC)Oc1nc(C)nc2c1c(C)c(C)n2-c1c(C)cc(C)cc1C. The molecule has 2 heterocycles. The van der Waals surface area contributed by atoms with E-state index in [9.17, 15) is 0 Å². The molecule has 5 nitrogen and oxygen atoms in total. The lowest BCUT2D eigenvalue weighted by Gasteiger charge is -2.18. The van der Waals surface area contributed by atoms with E-state index < -0.39 is 0 Å². The van der Waals surface area contributed by atoms with Gasteiger partial charge in [0.05, 0.1) is 17.7 Å². The molecule has 0 N–H and O–H groups in total. The van der Waals surface area contributed by atoms with Crippen LogP contribution in [0, 0.1) is 41.5 Å². The zero-order valence-corrected chi connectivity index (χ0v) is 18.3. The number of aryl methyl sites for hydroxylation is 5. The number of hydrogen-bond donors (Lipinski definition) is 0.